The maximum absolute atomic E-state index is 13.8. The molecule has 2 aromatic heterocycles. The standard InChI is InChI=1S/C30H27F3N6O4Se/c1-18-25(28(41)37(2)29(42)38(18)23-10-6-9-21(15-23)30(31,32)33)26-24(44(43)36-27(40)20-7-4-3-5-8-20)17-35-39(26)22-13-11-19(16-34)12-14-22/h6,9-15,17,20H,3-5,7-8H2,1-2H3,(H,36,40). The molecule has 0 spiro atoms. The molecule has 4 aromatic rings. The molecular formula is C30H27F3N6O4Se. The van der Waals surface area contributed by atoms with Crippen LogP contribution >= 0.6 is 0 Å². The number of halogens is 3. The summed E-state index contributed by atoms with van der Waals surface area (Å²) in [4.78, 5) is 40.1. The van der Waals surface area contributed by atoms with Crippen molar-refractivity contribution in [1.82, 2.24) is 23.2 Å². The van der Waals surface area contributed by atoms with Gasteiger partial charge in [-0.15, -0.1) is 0 Å². The van der Waals surface area contributed by atoms with Crippen LogP contribution in [0.3, 0.4) is 0 Å². The summed E-state index contributed by atoms with van der Waals surface area (Å²) in [6, 6.07) is 12.3. The summed E-state index contributed by atoms with van der Waals surface area (Å²) < 4.78 is 60.2. The van der Waals surface area contributed by atoms with Crippen molar-refractivity contribution in [3.8, 4) is 28.7 Å². The van der Waals surface area contributed by atoms with Gasteiger partial charge in [-0.25, -0.2) is 0 Å². The van der Waals surface area contributed by atoms with E-state index in [1.54, 1.807) is 12.1 Å². The molecular weight excluding hydrogens is 644 g/mol. The Balaban J connectivity index is 1.74. The van der Waals surface area contributed by atoms with Crippen LogP contribution in [0.2, 0.25) is 0 Å². The number of nitrogens with one attached hydrogen (secondary N) is 1. The van der Waals surface area contributed by atoms with E-state index in [4.69, 9.17) is 0 Å². The molecule has 1 amide bonds. The molecule has 44 heavy (non-hydrogen) atoms. The number of rotatable bonds is 6. The van der Waals surface area contributed by atoms with E-state index >= 15 is 0 Å². The minimum absolute atomic E-state index is 0.0116. The number of hydrogen-bond acceptors (Lipinski definition) is 6. The summed E-state index contributed by atoms with van der Waals surface area (Å²) in [5.41, 5.74) is -2.24. The van der Waals surface area contributed by atoms with Gasteiger partial charge in [-0.3, -0.25) is 0 Å². The third kappa shape index (κ3) is 5.80. The first-order valence-corrected chi connectivity index (χ1v) is 16.1. The third-order valence-electron chi connectivity index (χ3n) is 7.71. The first-order chi connectivity index (χ1) is 20.9. The van der Waals surface area contributed by atoms with Crippen LogP contribution in [0.25, 0.3) is 22.6 Å². The Kier molecular flexibility index (Phi) is 8.54. The average molecular weight is 672 g/mol. The second kappa shape index (κ2) is 12.2. The topological polar surface area (TPSA) is 132 Å². The van der Waals surface area contributed by atoms with Crippen molar-refractivity contribution in [3.63, 3.8) is 0 Å². The maximum atomic E-state index is 13.8. The van der Waals surface area contributed by atoms with Crippen molar-refractivity contribution in [1.29, 1.82) is 5.26 Å². The van der Waals surface area contributed by atoms with Crippen molar-refractivity contribution in [2.75, 3.05) is 0 Å². The van der Waals surface area contributed by atoms with E-state index in [0.717, 1.165) is 46.6 Å². The van der Waals surface area contributed by atoms with Gasteiger partial charge < -0.3 is 0 Å². The predicted octanol–water partition coefficient (Wildman–Crippen LogP) is 3.41. The molecule has 1 atom stereocenters. The van der Waals surface area contributed by atoms with E-state index in [-0.39, 0.29) is 38.9 Å². The Morgan fingerprint density at radius 3 is 2.39 bits per heavy atom. The fourth-order valence-corrected chi connectivity index (χ4v) is 7.41. The van der Waals surface area contributed by atoms with Crippen LogP contribution in [0.15, 0.2) is 64.3 Å². The fourth-order valence-electron chi connectivity index (χ4n) is 5.38. The van der Waals surface area contributed by atoms with E-state index in [0.29, 0.717) is 24.1 Å². The van der Waals surface area contributed by atoms with Crippen molar-refractivity contribution in [3.05, 3.63) is 92.4 Å². The number of carbonyl (C=O) groups is 1. The van der Waals surface area contributed by atoms with Gasteiger partial charge in [-0.2, -0.15) is 0 Å². The Morgan fingerprint density at radius 2 is 1.75 bits per heavy atom. The van der Waals surface area contributed by atoms with Crippen LogP contribution in [-0.2, 0) is 21.9 Å². The molecule has 1 saturated carbocycles. The van der Waals surface area contributed by atoms with E-state index in [1.165, 1.54) is 43.0 Å². The van der Waals surface area contributed by atoms with Crippen LogP contribution in [0.1, 0.15) is 48.9 Å². The molecule has 1 N–H and O–H groups in total. The summed E-state index contributed by atoms with van der Waals surface area (Å²) in [5, 5.41) is 13.6. The number of benzene rings is 2. The molecule has 228 valence electrons. The van der Waals surface area contributed by atoms with E-state index in [2.05, 4.69) is 9.43 Å². The predicted molar refractivity (Wildman–Crippen MR) is 155 cm³/mol. The second-order valence-electron chi connectivity index (χ2n) is 10.5. The molecule has 1 aliphatic rings. The zero-order chi connectivity index (χ0) is 31.8. The van der Waals surface area contributed by atoms with Gasteiger partial charge in [0.25, 0.3) is 0 Å². The summed E-state index contributed by atoms with van der Waals surface area (Å²) in [6.45, 7) is 1.40. The molecule has 14 heteroatoms. The summed E-state index contributed by atoms with van der Waals surface area (Å²) in [7, 11) is 1.19. The first kappa shape index (κ1) is 30.8. The third-order valence-corrected chi connectivity index (χ3v) is 9.98. The van der Waals surface area contributed by atoms with Crippen molar-refractivity contribution >= 4 is 24.4 Å². The molecule has 2 aromatic carbocycles. The zero-order valence-electron chi connectivity index (χ0n) is 23.7. The monoisotopic (exact) mass is 672 g/mol. The number of amides is 1. The fraction of sp³-hybridized carbons (Fsp3) is 0.300. The van der Waals surface area contributed by atoms with Gasteiger partial charge in [0, 0.05) is 0 Å². The summed E-state index contributed by atoms with van der Waals surface area (Å²) >= 11 is -3.40. The van der Waals surface area contributed by atoms with Crippen molar-refractivity contribution in [2.24, 2.45) is 13.0 Å². The SMILES string of the molecule is Cc1c(-c2c([Se](=O)NC(=O)C3CCCCC3)cnn2-c2ccc(C#N)cc2)c(=O)n(C)c(=O)n1-c1cccc(C(F)(F)F)c1. The van der Waals surface area contributed by atoms with Gasteiger partial charge >= 0.3 is 254 Å². The number of aromatic nitrogens is 4. The Morgan fingerprint density at radius 1 is 1.07 bits per heavy atom. The van der Waals surface area contributed by atoms with Gasteiger partial charge in [0.15, 0.2) is 0 Å². The van der Waals surface area contributed by atoms with Gasteiger partial charge in [-0.1, -0.05) is 0 Å². The summed E-state index contributed by atoms with van der Waals surface area (Å²) in [6.07, 6.45) is 0.714. The van der Waals surface area contributed by atoms with Crippen LogP contribution in [0, 0.1) is 24.2 Å². The molecule has 1 unspecified atom stereocenters. The molecule has 0 aliphatic heterocycles. The van der Waals surface area contributed by atoms with E-state index < -0.39 is 37.0 Å². The molecule has 5 rings (SSSR count). The molecule has 0 radical (unpaired) electrons. The summed E-state index contributed by atoms with van der Waals surface area (Å²) in [5.74, 6) is -0.654. The number of carbonyl (C=O) groups excluding carboxylic acids is 1. The zero-order valence-corrected chi connectivity index (χ0v) is 25.4. The molecule has 1 fully saturated rings. The van der Waals surface area contributed by atoms with Crippen molar-refractivity contribution in [2.45, 2.75) is 45.2 Å². The number of hydrogen-bond donors (Lipinski definition) is 1. The molecule has 0 bridgehead atoms. The molecule has 1 aliphatic carbocycles. The first-order valence-electron chi connectivity index (χ1n) is 13.7. The number of alkyl halides is 3. The second-order valence-corrected chi connectivity index (χ2v) is 13.0. The van der Waals surface area contributed by atoms with Gasteiger partial charge in [-0.05, 0) is 0 Å². The molecule has 10 nitrogen and oxygen atoms in total. The Labute approximate surface area is 253 Å². The van der Waals surface area contributed by atoms with Gasteiger partial charge in [0.1, 0.15) is 0 Å². The van der Waals surface area contributed by atoms with Crippen molar-refractivity contribution < 1.29 is 21.8 Å². The van der Waals surface area contributed by atoms with E-state index in [1.807, 2.05) is 6.07 Å². The normalized spacial score (nSPS) is 14.6. The molecule has 0 saturated heterocycles. The average Bonchev–Trinajstić information content (AvgIpc) is 3.45. The van der Waals surface area contributed by atoms with Crippen LogP contribution in [0.4, 0.5) is 13.2 Å². The minimum atomic E-state index is -4.68. The number of nitriles is 1. The van der Waals surface area contributed by atoms with Gasteiger partial charge in [0.05, 0.1) is 0 Å². The van der Waals surface area contributed by atoms with Crippen LogP contribution < -0.4 is 20.0 Å². The van der Waals surface area contributed by atoms with Crippen LogP contribution in [0.5, 0.6) is 0 Å². The Bertz CT molecular complexity index is 1930. The molecule has 2 heterocycles. The Hall–Kier alpha value is -4.60. The van der Waals surface area contributed by atoms with Crippen LogP contribution in [-0.4, -0.2) is 38.9 Å². The van der Waals surface area contributed by atoms with E-state index in [9.17, 15) is 36.7 Å². The van der Waals surface area contributed by atoms with Gasteiger partial charge in [0.2, 0.25) is 0 Å². The number of nitrogens with zero attached hydrogens (tertiary/aromatic N) is 5. The quantitative estimate of drug-likeness (QED) is 0.313.